The molecule has 3 heteroatoms. The average molecular weight is 260 g/mol. The quantitative estimate of drug-likeness (QED) is 0.769. The molecule has 3 nitrogen and oxygen atoms in total. The molecule has 0 bridgehead atoms. The number of hydrogen-bond donors (Lipinski definition) is 2. The predicted molar refractivity (Wildman–Crippen MR) is 78.0 cm³/mol. The molecule has 0 radical (unpaired) electrons. The van der Waals surface area contributed by atoms with E-state index in [0.29, 0.717) is 12.3 Å². The van der Waals surface area contributed by atoms with Gasteiger partial charge >= 0.3 is 0 Å². The lowest BCUT2D eigenvalue weighted by Crippen LogP contribution is -2.32. The zero-order valence-corrected chi connectivity index (χ0v) is 11.5. The monoisotopic (exact) mass is 260 g/mol. The maximum absolute atomic E-state index is 11.8. The highest BCUT2D eigenvalue weighted by Crippen LogP contribution is 2.15. The number of nitrogens with one attached hydrogen (secondary N) is 2. The maximum atomic E-state index is 11.8. The molecule has 0 unspecified atom stereocenters. The summed E-state index contributed by atoms with van der Waals surface area (Å²) in [6.45, 7) is 2.91. The highest BCUT2D eigenvalue weighted by atomic mass is 16.1. The summed E-state index contributed by atoms with van der Waals surface area (Å²) < 4.78 is 0. The molecule has 1 amide bonds. The van der Waals surface area contributed by atoms with E-state index in [4.69, 9.17) is 0 Å². The number of benzene rings is 1. The summed E-state index contributed by atoms with van der Waals surface area (Å²) in [6, 6.07) is 10.4. The van der Waals surface area contributed by atoms with Gasteiger partial charge in [-0.15, -0.1) is 0 Å². The Labute approximate surface area is 115 Å². The minimum atomic E-state index is 0.222. The molecule has 0 atom stereocenters. The normalized spacial score (nSPS) is 16.2. The van der Waals surface area contributed by atoms with Crippen molar-refractivity contribution in [1.82, 2.24) is 10.6 Å². The smallest absolute Gasteiger partial charge is 0.220 e. The van der Waals surface area contributed by atoms with Crippen molar-refractivity contribution in [3.63, 3.8) is 0 Å². The van der Waals surface area contributed by atoms with Gasteiger partial charge in [-0.05, 0) is 50.3 Å². The Balaban J connectivity index is 1.56. The van der Waals surface area contributed by atoms with E-state index in [0.717, 1.165) is 45.3 Å². The van der Waals surface area contributed by atoms with Crippen molar-refractivity contribution in [1.29, 1.82) is 0 Å². The van der Waals surface area contributed by atoms with Crippen molar-refractivity contribution < 1.29 is 4.79 Å². The molecule has 1 saturated heterocycles. The summed E-state index contributed by atoms with van der Waals surface area (Å²) in [7, 11) is 0. The van der Waals surface area contributed by atoms with Crippen molar-refractivity contribution >= 4 is 5.91 Å². The van der Waals surface area contributed by atoms with Crippen molar-refractivity contribution in [3.05, 3.63) is 35.9 Å². The zero-order chi connectivity index (χ0) is 13.3. The predicted octanol–water partition coefficient (Wildman–Crippen LogP) is 2.13. The summed E-state index contributed by atoms with van der Waals surface area (Å²) in [4.78, 5) is 11.8. The van der Waals surface area contributed by atoms with Gasteiger partial charge in [-0.25, -0.2) is 0 Å². The van der Waals surface area contributed by atoms with Crippen molar-refractivity contribution in [3.8, 4) is 0 Å². The summed E-state index contributed by atoms with van der Waals surface area (Å²) >= 11 is 0. The fourth-order valence-electron chi connectivity index (χ4n) is 2.59. The van der Waals surface area contributed by atoms with Crippen LogP contribution >= 0.6 is 0 Å². The number of carbonyl (C=O) groups is 1. The van der Waals surface area contributed by atoms with Crippen molar-refractivity contribution in [2.75, 3.05) is 19.6 Å². The average Bonchev–Trinajstić information content (AvgIpc) is 2.46. The van der Waals surface area contributed by atoms with Gasteiger partial charge in [-0.3, -0.25) is 4.79 Å². The first-order valence-electron chi connectivity index (χ1n) is 7.36. The van der Waals surface area contributed by atoms with Crippen LogP contribution in [-0.4, -0.2) is 25.5 Å². The van der Waals surface area contributed by atoms with Gasteiger partial charge in [0.2, 0.25) is 5.91 Å². The molecule has 19 heavy (non-hydrogen) atoms. The van der Waals surface area contributed by atoms with Gasteiger partial charge in [-0.2, -0.15) is 0 Å². The minimum Gasteiger partial charge on any atom is -0.356 e. The molecule has 0 saturated carbocycles. The molecule has 2 rings (SSSR count). The van der Waals surface area contributed by atoms with Gasteiger partial charge in [0, 0.05) is 13.0 Å². The Morgan fingerprint density at radius 1 is 1.21 bits per heavy atom. The van der Waals surface area contributed by atoms with Crippen LogP contribution in [-0.2, 0) is 11.2 Å². The van der Waals surface area contributed by atoms with Gasteiger partial charge < -0.3 is 10.6 Å². The molecule has 0 spiro atoms. The van der Waals surface area contributed by atoms with E-state index in [1.165, 1.54) is 5.56 Å². The Morgan fingerprint density at radius 3 is 2.68 bits per heavy atom. The molecule has 0 aromatic heterocycles. The molecule has 0 aliphatic carbocycles. The van der Waals surface area contributed by atoms with Gasteiger partial charge in [0.25, 0.3) is 0 Å². The van der Waals surface area contributed by atoms with Crippen molar-refractivity contribution in [2.45, 2.75) is 32.1 Å². The second-order valence-electron chi connectivity index (χ2n) is 5.34. The number of hydrogen-bond acceptors (Lipinski definition) is 2. The molecule has 1 aromatic rings. The molecule has 2 N–H and O–H groups in total. The third kappa shape index (κ3) is 5.43. The van der Waals surface area contributed by atoms with Crippen LogP contribution in [0, 0.1) is 5.92 Å². The lowest BCUT2D eigenvalue weighted by atomic mass is 9.94. The topological polar surface area (TPSA) is 41.1 Å². The first-order chi connectivity index (χ1) is 9.34. The first-order valence-corrected chi connectivity index (χ1v) is 7.36. The second kappa shape index (κ2) is 7.95. The molecule has 1 aliphatic rings. The Kier molecular flexibility index (Phi) is 5.89. The number of carbonyl (C=O) groups excluding carboxylic acids is 1. The SMILES string of the molecule is O=C(CC1CCNCC1)NCCCc1ccccc1. The number of aryl methyl sites for hydroxylation is 1. The summed E-state index contributed by atoms with van der Waals surface area (Å²) in [5, 5.41) is 6.37. The van der Waals surface area contributed by atoms with Crippen LogP contribution in [0.3, 0.4) is 0 Å². The fourth-order valence-corrected chi connectivity index (χ4v) is 2.59. The highest BCUT2D eigenvalue weighted by molar-refractivity contribution is 5.76. The largest absolute Gasteiger partial charge is 0.356 e. The van der Waals surface area contributed by atoms with Crippen LogP contribution in [0.25, 0.3) is 0 Å². The van der Waals surface area contributed by atoms with Crippen LogP contribution in [0.1, 0.15) is 31.2 Å². The van der Waals surface area contributed by atoms with E-state index in [2.05, 4.69) is 34.9 Å². The number of rotatable bonds is 6. The van der Waals surface area contributed by atoms with E-state index in [1.54, 1.807) is 0 Å². The number of amides is 1. The second-order valence-corrected chi connectivity index (χ2v) is 5.34. The van der Waals surface area contributed by atoms with Gasteiger partial charge in [0.1, 0.15) is 0 Å². The molecule has 1 aromatic carbocycles. The fraction of sp³-hybridized carbons (Fsp3) is 0.562. The van der Waals surface area contributed by atoms with Crippen LogP contribution in [0.5, 0.6) is 0 Å². The third-order valence-corrected chi connectivity index (χ3v) is 3.74. The standard InChI is InChI=1S/C16H24N2O/c19-16(13-15-8-11-17-12-9-15)18-10-4-7-14-5-2-1-3-6-14/h1-3,5-6,15,17H,4,7-13H2,(H,18,19). The molecule has 104 valence electrons. The highest BCUT2D eigenvalue weighted by Gasteiger charge is 2.16. The number of piperidine rings is 1. The molecule has 1 fully saturated rings. The zero-order valence-electron chi connectivity index (χ0n) is 11.5. The minimum absolute atomic E-state index is 0.222. The Bertz CT molecular complexity index is 372. The van der Waals surface area contributed by atoms with Gasteiger partial charge in [0.15, 0.2) is 0 Å². The van der Waals surface area contributed by atoms with E-state index < -0.39 is 0 Å². The van der Waals surface area contributed by atoms with Gasteiger partial charge in [0.05, 0.1) is 0 Å². The molecule has 1 aliphatic heterocycles. The van der Waals surface area contributed by atoms with Crippen molar-refractivity contribution in [2.24, 2.45) is 5.92 Å². The van der Waals surface area contributed by atoms with Crippen LogP contribution in [0.15, 0.2) is 30.3 Å². The summed E-state index contributed by atoms with van der Waals surface area (Å²) in [5.74, 6) is 0.801. The van der Waals surface area contributed by atoms with Crippen LogP contribution in [0.2, 0.25) is 0 Å². The molecular weight excluding hydrogens is 236 g/mol. The maximum Gasteiger partial charge on any atom is 0.220 e. The summed E-state index contributed by atoms with van der Waals surface area (Å²) in [5.41, 5.74) is 1.34. The summed E-state index contributed by atoms with van der Waals surface area (Å²) in [6.07, 6.45) is 5.03. The Hall–Kier alpha value is -1.35. The molecular formula is C16H24N2O. The van der Waals surface area contributed by atoms with E-state index in [-0.39, 0.29) is 5.91 Å². The molecule has 1 heterocycles. The Morgan fingerprint density at radius 2 is 1.95 bits per heavy atom. The first kappa shape index (κ1) is 14.1. The third-order valence-electron chi connectivity index (χ3n) is 3.74. The van der Waals surface area contributed by atoms with Crippen LogP contribution < -0.4 is 10.6 Å². The lowest BCUT2D eigenvalue weighted by Gasteiger charge is -2.21. The van der Waals surface area contributed by atoms with E-state index in [9.17, 15) is 4.79 Å². The lowest BCUT2D eigenvalue weighted by molar-refractivity contribution is -0.122. The van der Waals surface area contributed by atoms with Crippen LogP contribution in [0.4, 0.5) is 0 Å². The van der Waals surface area contributed by atoms with E-state index >= 15 is 0 Å². The van der Waals surface area contributed by atoms with E-state index in [1.807, 2.05) is 6.07 Å². The van der Waals surface area contributed by atoms with Gasteiger partial charge in [-0.1, -0.05) is 30.3 Å².